The molecule has 2 nitrogen and oxygen atoms in total. The Morgan fingerprint density at radius 3 is 2.76 bits per heavy atom. The van der Waals surface area contributed by atoms with Crippen LogP contribution < -0.4 is 5.73 Å². The molecule has 0 bridgehead atoms. The second-order valence-electron chi connectivity index (χ2n) is 5.27. The third kappa shape index (κ3) is 4.14. The molecule has 0 spiro atoms. The van der Waals surface area contributed by atoms with E-state index in [9.17, 15) is 0 Å². The molecule has 0 aliphatic carbocycles. The van der Waals surface area contributed by atoms with E-state index in [1.54, 1.807) is 0 Å². The number of benzene rings is 1. The van der Waals surface area contributed by atoms with E-state index in [1.807, 2.05) is 0 Å². The standard InChI is InChI=1S/C15H24N2/c1-13-4-2-5-14(12-13)6-3-9-17-10-7-15(16)8-11-17/h2,4-5,12,15H,3,6-11,16H2,1H3. The lowest BCUT2D eigenvalue weighted by Crippen LogP contribution is -2.40. The van der Waals surface area contributed by atoms with Crippen LogP contribution >= 0.6 is 0 Å². The van der Waals surface area contributed by atoms with Crippen LogP contribution in [0.4, 0.5) is 0 Å². The van der Waals surface area contributed by atoms with Gasteiger partial charge in [-0.05, 0) is 57.8 Å². The van der Waals surface area contributed by atoms with Crippen molar-refractivity contribution in [2.75, 3.05) is 19.6 Å². The van der Waals surface area contributed by atoms with Crippen LogP contribution in [0.25, 0.3) is 0 Å². The smallest absolute Gasteiger partial charge is 0.00631 e. The van der Waals surface area contributed by atoms with E-state index in [4.69, 9.17) is 5.73 Å². The van der Waals surface area contributed by atoms with Gasteiger partial charge in [-0.1, -0.05) is 29.8 Å². The van der Waals surface area contributed by atoms with E-state index in [1.165, 1.54) is 56.4 Å². The molecule has 0 radical (unpaired) electrons. The number of hydrogen-bond donors (Lipinski definition) is 1. The van der Waals surface area contributed by atoms with Crippen LogP contribution in [0.3, 0.4) is 0 Å². The molecule has 2 N–H and O–H groups in total. The molecule has 1 heterocycles. The minimum Gasteiger partial charge on any atom is -0.328 e. The summed E-state index contributed by atoms with van der Waals surface area (Å²) in [6, 6.07) is 9.30. The molecule has 2 rings (SSSR count). The average Bonchev–Trinajstić information content (AvgIpc) is 2.32. The topological polar surface area (TPSA) is 29.3 Å². The molecule has 0 aromatic heterocycles. The third-order valence-electron chi connectivity index (χ3n) is 3.65. The maximum atomic E-state index is 5.91. The highest BCUT2D eigenvalue weighted by atomic mass is 15.1. The van der Waals surface area contributed by atoms with Crippen LogP contribution in [0.1, 0.15) is 30.4 Å². The molecule has 1 aliphatic rings. The minimum atomic E-state index is 0.447. The maximum absolute atomic E-state index is 5.91. The van der Waals surface area contributed by atoms with Crippen molar-refractivity contribution in [3.63, 3.8) is 0 Å². The van der Waals surface area contributed by atoms with Gasteiger partial charge in [0.1, 0.15) is 0 Å². The van der Waals surface area contributed by atoms with Crippen molar-refractivity contribution >= 4 is 0 Å². The predicted octanol–water partition coefficient (Wildman–Crippen LogP) is 2.35. The summed E-state index contributed by atoms with van der Waals surface area (Å²) in [5.74, 6) is 0. The van der Waals surface area contributed by atoms with Gasteiger partial charge in [0.05, 0.1) is 0 Å². The molecule has 0 saturated carbocycles. The van der Waals surface area contributed by atoms with Crippen LogP contribution in [-0.2, 0) is 6.42 Å². The zero-order valence-corrected chi connectivity index (χ0v) is 10.9. The molecule has 0 unspecified atom stereocenters. The molecular formula is C15H24N2. The molecule has 17 heavy (non-hydrogen) atoms. The average molecular weight is 232 g/mol. The normalized spacial score (nSPS) is 18.5. The molecule has 1 saturated heterocycles. The van der Waals surface area contributed by atoms with Crippen molar-refractivity contribution in [1.82, 2.24) is 4.90 Å². The van der Waals surface area contributed by atoms with Gasteiger partial charge in [-0.25, -0.2) is 0 Å². The Hall–Kier alpha value is -0.860. The summed E-state index contributed by atoms with van der Waals surface area (Å²) in [5, 5.41) is 0. The van der Waals surface area contributed by atoms with E-state index >= 15 is 0 Å². The van der Waals surface area contributed by atoms with Crippen molar-refractivity contribution in [3.8, 4) is 0 Å². The van der Waals surface area contributed by atoms with Crippen molar-refractivity contribution < 1.29 is 0 Å². The van der Waals surface area contributed by atoms with E-state index < -0.39 is 0 Å². The first kappa shape index (κ1) is 12.6. The van der Waals surface area contributed by atoms with Gasteiger partial charge in [0.2, 0.25) is 0 Å². The Labute approximate surface area is 105 Å². The van der Waals surface area contributed by atoms with Gasteiger partial charge in [0.15, 0.2) is 0 Å². The number of nitrogens with zero attached hydrogens (tertiary/aromatic N) is 1. The molecule has 1 aromatic carbocycles. The predicted molar refractivity (Wildman–Crippen MR) is 73.1 cm³/mol. The van der Waals surface area contributed by atoms with Gasteiger partial charge in [0.25, 0.3) is 0 Å². The molecular weight excluding hydrogens is 208 g/mol. The fraction of sp³-hybridized carbons (Fsp3) is 0.600. The van der Waals surface area contributed by atoms with E-state index in [-0.39, 0.29) is 0 Å². The van der Waals surface area contributed by atoms with Crippen LogP contribution in [0.15, 0.2) is 24.3 Å². The molecule has 94 valence electrons. The van der Waals surface area contributed by atoms with Crippen LogP contribution in [0.5, 0.6) is 0 Å². The maximum Gasteiger partial charge on any atom is 0.00631 e. The molecule has 1 fully saturated rings. The summed E-state index contributed by atoms with van der Waals surface area (Å²) < 4.78 is 0. The molecule has 0 amide bonds. The molecule has 2 heteroatoms. The van der Waals surface area contributed by atoms with Crippen LogP contribution in [0, 0.1) is 6.92 Å². The lowest BCUT2D eigenvalue weighted by Gasteiger charge is -2.29. The summed E-state index contributed by atoms with van der Waals surface area (Å²) in [4.78, 5) is 2.55. The highest BCUT2D eigenvalue weighted by molar-refractivity contribution is 5.22. The minimum absolute atomic E-state index is 0.447. The van der Waals surface area contributed by atoms with Crippen LogP contribution in [0.2, 0.25) is 0 Å². The largest absolute Gasteiger partial charge is 0.328 e. The molecule has 1 aromatic rings. The first-order valence-electron chi connectivity index (χ1n) is 6.77. The van der Waals surface area contributed by atoms with Gasteiger partial charge < -0.3 is 10.6 Å². The third-order valence-corrected chi connectivity index (χ3v) is 3.65. The zero-order chi connectivity index (χ0) is 12.1. The summed E-state index contributed by atoms with van der Waals surface area (Å²) in [7, 11) is 0. The second-order valence-corrected chi connectivity index (χ2v) is 5.27. The van der Waals surface area contributed by atoms with E-state index in [2.05, 4.69) is 36.1 Å². The summed E-state index contributed by atoms with van der Waals surface area (Å²) in [6.45, 7) is 5.76. The lowest BCUT2D eigenvalue weighted by molar-refractivity contribution is 0.211. The number of nitrogens with two attached hydrogens (primary N) is 1. The SMILES string of the molecule is Cc1cccc(CCCN2CCC(N)CC2)c1. The second kappa shape index (κ2) is 6.18. The first-order chi connectivity index (χ1) is 8.24. The highest BCUT2D eigenvalue weighted by Gasteiger charge is 2.14. The lowest BCUT2D eigenvalue weighted by atomic mass is 10.0. The monoisotopic (exact) mass is 232 g/mol. The fourth-order valence-corrected chi connectivity index (χ4v) is 2.55. The number of aryl methyl sites for hydroxylation is 2. The van der Waals surface area contributed by atoms with Gasteiger partial charge in [-0.2, -0.15) is 0 Å². The fourth-order valence-electron chi connectivity index (χ4n) is 2.55. The van der Waals surface area contributed by atoms with Crippen molar-refractivity contribution in [2.24, 2.45) is 5.73 Å². The van der Waals surface area contributed by atoms with Gasteiger partial charge in [-0.3, -0.25) is 0 Å². The van der Waals surface area contributed by atoms with Gasteiger partial charge in [0, 0.05) is 6.04 Å². The quantitative estimate of drug-likeness (QED) is 0.863. The summed E-state index contributed by atoms with van der Waals surface area (Å²) in [5.41, 5.74) is 8.74. The molecule has 1 aliphatic heterocycles. The molecule has 0 atom stereocenters. The Balaban J connectivity index is 1.69. The number of piperidine rings is 1. The van der Waals surface area contributed by atoms with Gasteiger partial charge in [-0.15, -0.1) is 0 Å². The van der Waals surface area contributed by atoms with E-state index in [0.29, 0.717) is 6.04 Å². The Morgan fingerprint density at radius 2 is 2.06 bits per heavy atom. The van der Waals surface area contributed by atoms with Crippen molar-refractivity contribution in [1.29, 1.82) is 0 Å². The summed E-state index contributed by atoms with van der Waals surface area (Å²) >= 11 is 0. The van der Waals surface area contributed by atoms with Crippen molar-refractivity contribution in [2.45, 2.75) is 38.6 Å². The Bertz CT molecular complexity index is 341. The Kier molecular flexibility index (Phi) is 4.57. The summed E-state index contributed by atoms with van der Waals surface area (Å²) in [6.07, 6.45) is 4.80. The van der Waals surface area contributed by atoms with Crippen LogP contribution in [-0.4, -0.2) is 30.6 Å². The van der Waals surface area contributed by atoms with Gasteiger partial charge >= 0.3 is 0 Å². The van der Waals surface area contributed by atoms with E-state index in [0.717, 1.165) is 0 Å². The number of hydrogen-bond acceptors (Lipinski definition) is 2. The zero-order valence-electron chi connectivity index (χ0n) is 10.9. The first-order valence-corrected chi connectivity index (χ1v) is 6.77. The number of likely N-dealkylation sites (tertiary alicyclic amines) is 1. The van der Waals surface area contributed by atoms with Crippen molar-refractivity contribution in [3.05, 3.63) is 35.4 Å². The number of rotatable bonds is 4. The Morgan fingerprint density at radius 1 is 1.29 bits per heavy atom. The highest BCUT2D eigenvalue weighted by Crippen LogP contribution is 2.11.